The van der Waals surface area contributed by atoms with Crippen molar-refractivity contribution in [2.45, 2.75) is 19.0 Å². The zero-order chi connectivity index (χ0) is 22.8. The third-order valence-electron chi connectivity index (χ3n) is 3.97. The number of hydrogen-bond donors (Lipinski definition) is 0. The number of carbonyl (C=O) groups is 1. The number of carbonyl (C=O) groups excluding carboxylic acids is 1. The van der Waals surface area contributed by atoms with E-state index in [0.717, 1.165) is 17.1 Å². The van der Waals surface area contributed by atoms with Gasteiger partial charge in [0.1, 0.15) is 6.61 Å². The minimum absolute atomic E-state index is 0.0186. The molecule has 0 N–H and O–H groups in total. The molecule has 2 aromatic heterocycles. The highest BCUT2D eigenvalue weighted by Gasteiger charge is 2.40. The maximum Gasteiger partial charge on any atom is 0.416 e. The second kappa shape index (κ2) is 8.24. The molecule has 0 radical (unpaired) electrons. The fraction of sp³-hybridized carbons (Fsp3) is 0.222. The molecule has 164 valence electrons. The molecule has 0 fully saturated rings. The summed E-state index contributed by atoms with van der Waals surface area (Å²) in [5.41, 5.74) is -3.98. The summed E-state index contributed by atoms with van der Waals surface area (Å²) < 4.78 is 89.8. The van der Waals surface area contributed by atoms with Crippen LogP contribution in [0.3, 0.4) is 0 Å². The van der Waals surface area contributed by atoms with Crippen molar-refractivity contribution < 1.29 is 40.6 Å². The van der Waals surface area contributed by atoms with Crippen molar-refractivity contribution in [1.29, 1.82) is 0 Å². The predicted octanol–water partition coefficient (Wildman–Crippen LogP) is 4.07. The summed E-state index contributed by atoms with van der Waals surface area (Å²) in [7, 11) is 1.17. The van der Waals surface area contributed by atoms with Crippen molar-refractivity contribution >= 4 is 5.97 Å². The van der Waals surface area contributed by atoms with Crippen molar-refractivity contribution in [3.05, 3.63) is 65.2 Å². The molecule has 0 saturated heterocycles. The molecular formula is C18H12F6N4O3. The molecule has 31 heavy (non-hydrogen) atoms. The Morgan fingerprint density at radius 3 is 2.10 bits per heavy atom. The standard InChI is InChI=1S/C18H12F6N4O3/c1-30-15(29)14-5-6-28(27-14)16-25-7-10(8-26-16)31-9-11-12(17(19,20)21)3-2-4-13(11)18(22,23)24/h2-8H,9H2,1H3. The largest absolute Gasteiger partial charge is 0.486 e. The minimum atomic E-state index is -5.00. The van der Waals surface area contributed by atoms with Crippen LogP contribution in [0.2, 0.25) is 0 Å². The Balaban J connectivity index is 1.82. The van der Waals surface area contributed by atoms with E-state index in [4.69, 9.17) is 4.74 Å². The zero-order valence-corrected chi connectivity index (χ0v) is 15.5. The van der Waals surface area contributed by atoms with Crippen molar-refractivity contribution in [2.24, 2.45) is 0 Å². The Morgan fingerprint density at radius 1 is 1.00 bits per heavy atom. The average molecular weight is 446 g/mol. The summed E-state index contributed by atoms with van der Waals surface area (Å²) in [6.45, 7) is -1.01. The van der Waals surface area contributed by atoms with Gasteiger partial charge >= 0.3 is 18.3 Å². The maximum atomic E-state index is 13.2. The number of ether oxygens (including phenoxy) is 2. The Bertz CT molecular complexity index is 1040. The van der Waals surface area contributed by atoms with Crippen LogP contribution < -0.4 is 4.74 Å². The number of esters is 1. The van der Waals surface area contributed by atoms with E-state index in [9.17, 15) is 31.1 Å². The van der Waals surface area contributed by atoms with Gasteiger partial charge in [0.2, 0.25) is 0 Å². The Labute approximate surface area is 170 Å². The van der Waals surface area contributed by atoms with Crippen LogP contribution in [0.25, 0.3) is 5.95 Å². The van der Waals surface area contributed by atoms with E-state index in [0.29, 0.717) is 18.2 Å². The van der Waals surface area contributed by atoms with Crippen molar-refractivity contribution in [1.82, 2.24) is 19.7 Å². The van der Waals surface area contributed by atoms with Gasteiger partial charge in [-0.05, 0) is 18.2 Å². The van der Waals surface area contributed by atoms with Crippen molar-refractivity contribution in [2.75, 3.05) is 7.11 Å². The highest BCUT2D eigenvalue weighted by Crippen LogP contribution is 2.39. The van der Waals surface area contributed by atoms with E-state index in [-0.39, 0.29) is 17.4 Å². The van der Waals surface area contributed by atoms with Crippen molar-refractivity contribution in [3.8, 4) is 11.7 Å². The van der Waals surface area contributed by atoms with Gasteiger partial charge in [0.15, 0.2) is 11.4 Å². The molecule has 0 aliphatic carbocycles. The van der Waals surface area contributed by atoms with E-state index in [1.165, 1.54) is 19.4 Å². The van der Waals surface area contributed by atoms with Gasteiger partial charge in [-0.15, -0.1) is 0 Å². The van der Waals surface area contributed by atoms with Crippen LogP contribution in [-0.4, -0.2) is 32.8 Å². The number of nitrogens with zero attached hydrogens (tertiary/aromatic N) is 4. The summed E-state index contributed by atoms with van der Waals surface area (Å²) in [4.78, 5) is 19.1. The second-order valence-electron chi connectivity index (χ2n) is 5.97. The summed E-state index contributed by atoms with van der Waals surface area (Å²) in [6.07, 6.45) is -6.55. The summed E-state index contributed by atoms with van der Waals surface area (Å²) in [5.74, 6) is -0.883. The van der Waals surface area contributed by atoms with Crippen LogP contribution in [0.4, 0.5) is 26.3 Å². The third-order valence-corrected chi connectivity index (χ3v) is 3.97. The van der Waals surface area contributed by atoms with Gasteiger partial charge < -0.3 is 9.47 Å². The second-order valence-corrected chi connectivity index (χ2v) is 5.97. The molecule has 13 heteroatoms. The number of alkyl halides is 6. The first kappa shape index (κ1) is 22.1. The predicted molar refractivity (Wildman–Crippen MR) is 91.3 cm³/mol. The van der Waals surface area contributed by atoms with Gasteiger partial charge in [0.05, 0.1) is 30.6 Å². The lowest BCUT2D eigenvalue weighted by atomic mass is 10.0. The molecule has 0 bridgehead atoms. The highest BCUT2D eigenvalue weighted by molar-refractivity contribution is 5.86. The molecule has 2 heterocycles. The molecule has 7 nitrogen and oxygen atoms in total. The SMILES string of the molecule is COC(=O)c1ccn(-c2ncc(OCc3c(C(F)(F)F)cccc3C(F)(F)F)cn2)n1. The summed E-state index contributed by atoms with van der Waals surface area (Å²) >= 11 is 0. The number of methoxy groups -OCH3 is 1. The van der Waals surface area contributed by atoms with Gasteiger partial charge in [0.25, 0.3) is 5.95 Å². The molecule has 0 aliphatic heterocycles. The van der Waals surface area contributed by atoms with Gasteiger partial charge in [0, 0.05) is 11.8 Å². The number of rotatable bonds is 5. The Hall–Kier alpha value is -3.64. The van der Waals surface area contributed by atoms with Crippen LogP contribution in [0.15, 0.2) is 42.9 Å². The average Bonchev–Trinajstić information content (AvgIpc) is 3.20. The molecule has 0 aliphatic rings. The molecule has 0 atom stereocenters. The van der Waals surface area contributed by atoms with E-state index in [1.54, 1.807) is 0 Å². The van der Waals surface area contributed by atoms with Crippen LogP contribution in [-0.2, 0) is 23.7 Å². The smallest absolute Gasteiger partial charge is 0.416 e. The first-order chi connectivity index (χ1) is 14.5. The zero-order valence-electron chi connectivity index (χ0n) is 15.5. The molecular weight excluding hydrogens is 434 g/mol. The lowest BCUT2D eigenvalue weighted by Gasteiger charge is -2.18. The molecule has 1 aromatic carbocycles. The lowest BCUT2D eigenvalue weighted by molar-refractivity contribution is -0.145. The van der Waals surface area contributed by atoms with Gasteiger partial charge in [-0.3, -0.25) is 0 Å². The van der Waals surface area contributed by atoms with E-state index in [1.807, 2.05) is 0 Å². The van der Waals surface area contributed by atoms with Crippen molar-refractivity contribution in [3.63, 3.8) is 0 Å². The fourth-order valence-corrected chi connectivity index (χ4v) is 2.58. The topological polar surface area (TPSA) is 79.1 Å². The maximum absolute atomic E-state index is 13.2. The monoisotopic (exact) mass is 446 g/mol. The lowest BCUT2D eigenvalue weighted by Crippen LogP contribution is -2.18. The fourth-order valence-electron chi connectivity index (χ4n) is 2.58. The molecule has 0 spiro atoms. The molecule has 0 amide bonds. The number of hydrogen-bond acceptors (Lipinski definition) is 6. The van der Waals surface area contributed by atoms with Gasteiger partial charge in [-0.1, -0.05) is 6.07 Å². The quantitative estimate of drug-likeness (QED) is 0.435. The first-order valence-electron chi connectivity index (χ1n) is 8.36. The van der Waals surface area contributed by atoms with Gasteiger partial charge in [-0.2, -0.15) is 31.4 Å². The van der Waals surface area contributed by atoms with Crippen LogP contribution in [0.1, 0.15) is 27.2 Å². The molecule has 0 unspecified atom stereocenters. The first-order valence-corrected chi connectivity index (χ1v) is 8.36. The summed E-state index contributed by atoms with van der Waals surface area (Å²) in [6, 6.07) is 3.11. The van der Waals surface area contributed by atoms with E-state index in [2.05, 4.69) is 19.8 Å². The van der Waals surface area contributed by atoms with E-state index < -0.39 is 41.6 Å². The summed E-state index contributed by atoms with van der Waals surface area (Å²) in [5, 5.41) is 3.88. The minimum Gasteiger partial charge on any atom is -0.486 e. The molecule has 3 rings (SSSR count). The molecule has 0 saturated carbocycles. The number of halogens is 6. The van der Waals surface area contributed by atoms with Gasteiger partial charge in [-0.25, -0.2) is 19.4 Å². The van der Waals surface area contributed by atoms with E-state index >= 15 is 0 Å². The van der Waals surface area contributed by atoms with Crippen LogP contribution in [0.5, 0.6) is 5.75 Å². The Kier molecular flexibility index (Phi) is 5.86. The normalized spacial score (nSPS) is 12.0. The highest BCUT2D eigenvalue weighted by atomic mass is 19.4. The number of benzene rings is 1. The van der Waals surface area contributed by atoms with Crippen LogP contribution >= 0.6 is 0 Å². The molecule has 3 aromatic rings. The Morgan fingerprint density at radius 2 is 1.58 bits per heavy atom. The third kappa shape index (κ3) is 4.92. The number of aromatic nitrogens is 4. The van der Waals surface area contributed by atoms with Crippen LogP contribution in [0, 0.1) is 0 Å².